The molecule has 0 bridgehead atoms. The molecule has 21 heavy (non-hydrogen) atoms. The number of aryl methyl sites for hydroxylation is 1. The molecule has 0 saturated heterocycles. The Hall–Kier alpha value is -2.76. The van der Waals surface area contributed by atoms with Gasteiger partial charge in [-0.3, -0.25) is 14.9 Å². The SMILES string of the molecule is CCc1ccccc1NC(=O)c1ccc([N+](=O)[O-])c(F)c1. The number of nitro groups is 1. The summed E-state index contributed by atoms with van der Waals surface area (Å²) in [5, 5.41) is 13.2. The van der Waals surface area contributed by atoms with E-state index >= 15 is 0 Å². The van der Waals surface area contributed by atoms with Crippen molar-refractivity contribution in [3.05, 3.63) is 69.5 Å². The maximum atomic E-state index is 13.5. The topological polar surface area (TPSA) is 72.2 Å². The molecule has 0 fully saturated rings. The van der Waals surface area contributed by atoms with Gasteiger partial charge in [-0.15, -0.1) is 0 Å². The summed E-state index contributed by atoms with van der Waals surface area (Å²) in [5.41, 5.74) is 0.974. The van der Waals surface area contributed by atoms with Crippen LogP contribution in [0.15, 0.2) is 42.5 Å². The summed E-state index contributed by atoms with van der Waals surface area (Å²) in [5.74, 6) is -1.54. The zero-order valence-corrected chi connectivity index (χ0v) is 11.3. The Morgan fingerprint density at radius 1 is 1.29 bits per heavy atom. The van der Waals surface area contributed by atoms with Crippen LogP contribution in [-0.2, 0) is 6.42 Å². The number of nitro benzene ring substituents is 1. The van der Waals surface area contributed by atoms with E-state index in [-0.39, 0.29) is 5.56 Å². The van der Waals surface area contributed by atoms with E-state index in [2.05, 4.69) is 5.32 Å². The Kier molecular flexibility index (Phi) is 4.27. The second-order valence-corrected chi connectivity index (χ2v) is 4.39. The summed E-state index contributed by atoms with van der Waals surface area (Å²) in [6.45, 7) is 1.95. The molecule has 1 amide bonds. The first kappa shape index (κ1) is 14.6. The predicted octanol–water partition coefficient (Wildman–Crippen LogP) is 3.55. The third-order valence-corrected chi connectivity index (χ3v) is 3.05. The highest BCUT2D eigenvalue weighted by Gasteiger charge is 2.17. The van der Waals surface area contributed by atoms with Gasteiger partial charge in [0, 0.05) is 17.3 Å². The van der Waals surface area contributed by atoms with Crippen molar-refractivity contribution in [3.63, 3.8) is 0 Å². The van der Waals surface area contributed by atoms with E-state index in [0.29, 0.717) is 5.69 Å². The fraction of sp³-hybridized carbons (Fsp3) is 0.133. The molecule has 6 heteroatoms. The van der Waals surface area contributed by atoms with Gasteiger partial charge in [-0.1, -0.05) is 25.1 Å². The Morgan fingerprint density at radius 2 is 2.00 bits per heavy atom. The molecule has 0 aromatic heterocycles. The van der Waals surface area contributed by atoms with Gasteiger partial charge >= 0.3 is 5.69 Å². The van der Waals surface area contributed by atoms with Gasteiger partial charge in [-0.2, -0.15) is 4.39 Å². The van der Waals surface area contributed by atoms with E-state index in [9.17, 15) is 19.3 Å². The molecule has 0 aliphatic rings. The van der Waals surface area contributed by atoms with Crippen LogP contribution < -0.4 is 5.32 Å². The third kappa shape index (κ3) is 3.22. The number of anilines is 1. The van der Waals surface area contributed by atoms with Crippen LogP contribution in [0.25, 0.3) is 0 Å². The Bertz CT molecular complexity index is 701. The molecule has 0 unspecified atom stereocenters. The lowest BCUT2D eigenvalue weighted by atomic mass is 10.1. The average Bonchev–Trinajstić information content (AvgIpc) is 2.47. The summed E-state index contributed by atoms with van der Waals surface area (Å²) < 4.78 is 13.5. The Morgan fingerprint density at radius 3 is 2.62 bits per heavy atom. The van der Waals surface area contributed by atoms with Crippen molar-refractivity contribution in [1.82, 2.24) is 0 Å². The van der Waals surface area contributed by atoms with E-state index in [1.54, 1.807) is 12.1 Å². The highest BCUT2D eigenvalue weighted by atomic mass is 19.1. The normalized spacial score (nSPS) is 10.2. The number of nitrogens with one attached hydrogen (secondary N) is 1. The first-order chi connectivity index (χ1) is 10.0. The highest BCUT2D eigenvalue weighted by Crippen LogP contribution is 2.20. The van der Waals surface area contributed by atoms with Crippen LogP contribution in [0, 0.1) is 15.9 Å². The molecule has 0 heterocycles. The number of benzene rings is 2. The number of para-hydroxylation sites is 1. The number of hydrogen-bond acceptors (Lipinski definition) is 3. The second kappa shape index (κ2) is 6.13. The minimum Gasteiger partial charge on any atom is -0.322 e. The first-order valence-corrected chi connectivity index (χ1v) is 6.36. The van der Waals surface area contributed by atoms with E-state index in [4.69, 9.17) is 0 Å². The van der Waals surface area contributed by atoms with Crippen LogP contribution in [0.2, 0.25) is 0 Å². The number of carbonyl (C=O) groups is 1. The molecule has 5 nitrogen and oxygen atoms in total. The molecule has 2 aromatic carbocycles. The number of hydrogen-bond donors (Lipinski definition) is 1. The molecule has 0 aliphatic carbocycles. The lowest BCUT2D eigenvalue weighted by Gasteiger charge is -2.09. The molecule has 2 rings (SSSR count). The van der Waals surface area contributed by atoms with Crippen LogP contribution in [0.5, 0.6) is 0 Å². The number of rotatable bonds is 4. The van der Waals surface area contributed by atoms with Gasteiger partial charge in [0.15, 0.2) is 0 Å². The van der Waals surface area contributed by atoms with Crippen molar-refractivity contribution in [2.45, 2.75) is 13.3 Å². The van der Waals surface area contributed by atoms with Crippen molar-refractivity contribution in [3.8, 4) is 0 Å². The highest BCUT2D eigenvalue weighted by molar-refractivity contribution is 6.04. The van der Waals surface area contributed by atoms with Gasteiger partial charge in [0.2, 0.25) is 5.82 Å². The van der Waals surface area contributed by atoms with E-state index in [0.717, 1.165) is 24.1 Å². The number of carbonyl (C=O) groups excluding carboxylic acids is 1. The monoisotopic (exact) mass is 288 g/mol. The zero-order chi connectivity index (χ0) is 15.4. The quantitative estimate of drug-likeness (QED) is 0.690. The summed E-state index contributed by atoms with van der Waals surface area (Å²) in [7, 11) is 0. The van der Waals surface area contributed by atoms with Crippen LogP contribution >= 0.6 is 0 Å². The predicted molar refractivity (Wildman–Crippen MR) is 76.8 cm³/mol. The fourth-order valence-corrected chi connectivity index (χ4v) is 1.94. The summed E-state index contributed by atoms with van der Waals surface area (Å²) in [6.07, 6.45) is 0.741. The maximum Gasteiger partial charge on any atom is 0.304 e. The van der Waals surface area contributed by atoms with Gasteiger partial charge in [0.05, 0.1) is 4.92 Å². The molecule has 0 saturated carbocycles. The van der Waals surface area contributed by atoms with Crippen molar-refractivity contribution in [2.75, 3.05) is 5.32 Å². The maximum absolute atomic E-state index is 13.5. The van der Waals surface area contributed by atoms with Gasteiger partial charge in [0.25, 0.3) is 5.91 Å². The number of halogens is 1. The molecule has 1 N–H and O–H groups in total. The van der Waals surface area contributed by atoms with Crippen LogP contribution in [0.1, 0.15) is 22.8 Å². The van der Waals surface area contributed by atoms with E-state index in [1.807, 2.05) is 19.1 Å². The minimum atomic E-state index is -1.03. The molecule has 2 aromatic rings. The van der Waals surface area contributed by atoms with Gasteiger partial charge < -0.3 is 5.32 Å². The molecule has 0 atom stereocenters. The van der Waals surface area contributed by atoms with Crippen molar-refractivity contribution < 1.29 is 14.1 Å². The van der Waals surface area contributed by atoms with Gasteiger partial charge in [-0.25, -0.2) is 0 Å². The van der Waals surface area contributed by atoms with E-state index < -0.39 is 22.3 Å². The smallest absolute Gasteiger partial charge is 0.304 e. The molecular weight excluding hydrogens is 275 g/mol. The third-order valence-electron chi connectivity index (χ3n) is 3.05. The number of amides is 1. The summed E-state index contributed by atoms with van der Waals surface area (Å²) >= 11 is 0. The van der Waals surface area contributed by atoms with Crippen LogP contribution in [-0.4, -0.2) is 10.8 Å². The molecular formula is C15H13FN2O3. The summed E-state index contributed by atoms with van der Waals surface area (Å²) in [6, 6.07) is 10.3. The molecule has 0 radical (unpaired) electrons. The van der Waals surface area contributed by atoms with Crippen LogP contribution in [0.4, 0.5) is 15.8 Å². The molecule has 108 valence electrons. The average molecular weight is 288 g/mol. The fourth-order valence-electron chi connectivity index (χ4n) is 1.94. The lowest BCUT2D eigenvalue weighted by Crippen LogP contribution is -2.13. The molecule has 0 aliphatic heterocycles. The summed E-state index contributed by atoms with van der Waals surface area (Å²) in [4.78, 5) is 21.8. The van der Waals surface area contributed by atoms with Crippen LogP contribution in [0.3, 0.4) is 0 Å². The van der Waals surface area contributed by atoms with Crippen molar-refractivity contribution in [1.29, 1.82) is 0 Å². The first-order valence-electron chi connectivity index (χ1n) is 6.36. The Balaban J connectivity index is 2.25. The second-order valence-electron chi connectivity index (χ2n) is 4.39. The number of nitrogens with zero attached hydrogens (tertiary/aromatic N) is 1. The van der Waals surface area contributed by atoms with Gasteiger partial charge in [0.1, 0.15) is 0 Å². The lowest BCUT2D eigenvalue weighted by molar-refractivity contribution is -0.387. The van der Waals surface area contributed by atoms with Crippen molar-refractivity contribution >= 4 is 17.3 Å². The van der Waals surface area contributed by atoms with Crippen molar-refractivity contribution in [2.24, 2.45) is 0 Å². The Labute approximate surface area is 120 Å². The molecule has 0 spiro atoms. The zero-order valence-electron chi connectivity index (χ0n) is 11.3. The minimum absolute atomic E-state index is 0.0315. The standard InChI is InChI=1S/C15H13FN2O3/c1-2-10-5-3-4-6-13(10)17-15(19)11-7-8-14(18(20)21)12(16)9-11/h3-9H,2H2,1H3,(H,17,19). The largest absolute Gasteiger partial charge is 0.322 e. The van der Waals surface area contributed by atoms with Gasteiger partial charge in [-0.05, 0) is 30.2 Å². The van der Waals surface area contributed by atoms with E-state index in [1.165, 1.54) is 6.07 Å².